The van der Waals surface area contributed by atoms with Crippen LogP contribution in [-0.2, 0) is 16.0 Å². The van der Waals surface area contributed by atoms with Gasteiger partial charge in [-0.3, -0.25) is 10.2 Å². The predicted molar refractivity (Wildman–Crippen MR) is 109 cm³/mol. The molecule has 1 aromatic carbocycles. The third-order valence-corrected chi connectivity index (χ3v) is 5.49. The quantitative estimate of drug-likeness (QED) is 0.439. The molecule has 0 bridgehead atoms. The van der Waals surface area contributed by atoms with E-state index in [1.54, 1.807) is 13.8 Å². The van der Waals surface area contributed by atoms with Crippen LogP contribution in [0.1, 0.15) is 45.1 Å². The first-order chi connectivity index (χ1) is 14.6. The Labute approximate surface area is 180 Å². The van der Waals surface area contributed by atoms with E-state index in [4.69, 9.17) is 4.74 Å². The molecule has 4 atom stereocenters. The summed E-state index contributed by atoms with van der Waals surface area (Å²) >= 11 is 0. The summed E-state index contributed by atoms with van der Waals surface area (Å²) in [4.78, 5) is 24.1. The molecule has 172 valence electrons. The number of nitrogens with one attached hydrogen (secondary N) is 4. The zero-order chi connectivity index (χ0) is 22.6. The Balaban J connectivity index is 1.39. The van der Waals surface area contributed by atoms with Crippen LogP contribution in [0.15, 0.2) is 18.2 Å². The van der Waals surface area contributed by atoms with Gasteiger partial charge in [-0.15, -0.1) is 0 Å². The van der Waals surface area contributed by atoms with Gasteiger partial charge in [-0.1, -0.05) is 0 Å². The summed E-state index contributed by atoms with van der Waals surface area (Å²) in [6, 6.07) is 3.15. The molecule has 2 aliphatic rings. The zero-order valence-electron chi connectivity index (χ0n) is 17.7. The maximum atomic E-state index is 13.3. The molecule has 1 aliphatic carbocycles. The number of hydrogen-bond acceptors (Lipinski definition) is 6. The zero-order valence-corrected chi connectivity index (χ0v) is 17.7. The van der Waals surface area contributed by atoms with Gasteiger partial charge < -0.3 is 20.5 Å². The van der Waals surface area contributed by atoms with Crippen LogP contribution in [-0.4, -0.2) is 47.6 Å². The maximum absolute atomic E-state index is 13.3. The van der Waals surface area contributed by atoms with Crippen LogP contribution in [0.25, 0.3) is 0 Å². The lowest BCUT2D eigenvalue weighted by atomic mass is 9.96. The molecule has 2 fully saturated rings. The number of hydrogen-bond donors (Lipinski definition) is 5. The van der Waals surface area contributed by atoms with Gasteiger partial charge in [-0.05, 0) is 63.1 Å². The predicted octanol–water partition coefficient (Wildman–Crippen LogP) is 1.48. The summed E-state index contributed by atoms with van der Waals surface area (Å²) in [5, 5.41) is 15.0. The van der Waals surface area contributed by atoms with Crippen molar-refractivity contribution in [1.82, 2.24) is 21.5 Å². The maximum Gasteiger partial charge on any atom is 0.407 e. The number of alkyl carbamates (subject to hydrolysis) is 1. The van der Waals surface area contributed by atoms with Crippen molar-refractivity contribution in [2.24, 2.45) is 5.92 Å². The summed E-state index contributed by atoms with van der Waals surface area (Å²) in [6.07, 6.45) is 1.84. The number of carbonyl (C=O) groups is 2. The van der Waals surface area contributed by atoms with E-state index in [9.17, 15) is 23.5 Å². The molecule has 2 unspecified atom stereocenters. The van der Waals surface area contributed by atoms with E-state index in [0.29, 0.717) is 12.8 Å². The Kier molecular flexibility index (Phi) is 7.45. The monoisotopic (exact) mass is 440 g/mol. The molecule has 0 aromatic heterocycles. The molecule has 3 rings (SSSR count). The minimum atomic E-state index is -1.00. The molecule has 10 heteroatoms. The van der Waals surface area contributed by atoms with Crippen LogP contribution in [0.3, 0.4) is 0 Å². The van der Waals surface area contributed by atoms with Gasteiger partial charge in [-0.2, -0.15) is 0 Å². The summed E-state index contributed by atoms with van der Waals surface area (Å²) in [6.45, 7) is 3.31. The van der Waals surface area contributed by atoms with Crippen LogP contribution >= 0.6 is 0 Å². The molecule has 8 nitrogen and oxygen atoms in total. The normalized spacial score (nSPS) is 26.0. The fraction of sp³-hybridized carbons (Fsp3) is 0.619. The molecule has 5 N–H and O–H groups in total. The number of amides is 2. The van der Waals surface area contributed by atoms with Crippen molar-refractivity contribution in [3.05, 3.63) is 35.4 Å². The minimum absolute atomic E-state index is 0.102. The lowest BCUT2D eigenvalue weighted by molar-refractivity contribution is -0.121. The molecule has 1 heterocycles. The molecule has 1 saturated carbocycles. The van der Waals surface area contributed by atoms with E-state index < -0.39 is 23.3 Å². The molecular weight excluding hydrogens is 410 g/mol. The summed E-state index contributed by atoms with van der Waals surface area (Å²) in [5.41, 5.74) is 5.49. The van der Waals surface area contributed by atoms with E-state index in [2.05, 4.69) is 21.5 Å². The van der Waals surface area contributed by atoms with Gasteiger partial charge in [0.15, 0.2) is 0 Å². The van der Waals surface area contributed by atoms with Gasteiger partial charge in [0, 0.05) is 18.7 Å². The molecule has 0 radical (unpaired) electrons. The van der Waals surface area contributed by atoms with Crippen molar-refractivity contribution in [3.8, 4) is 0 Å². The lowest BCUT2D eigenvalue weighted by Crippen LogP contribution is -2.45. The van der Waals surface area contributed by atoms with E-state index in [-0.39, 0.29) is 48.7 Å². The Morgan fingerprint density at radius 3 is 2.55 bits per heavy atom. The van der Waals surface area contributed by atoms with E-state index in [1.165, 1.54) is 0 Å². The van der Waals surface area contributed by atoms with Crippen molar-refractivity contribution < 1.29 is 28.2 Å². The van der Waals surface area contributed by atoms with Crippen molar-refractivity contribution in [2.75, 3.05) is 6.54 Å². The SMILES string of the molecule is CC(C)(O)CNC(=O)O[C@@H]1CC[C@H](C2CC(NC(=O)Cc3cc(F)cc(F)c3)NN2)C1. The van der Waals surface area contributed by atoms with Crippen molar-refractivity contribution in [2.45, 2.75) is 69.9 Å². The van der Waals surface area contributed by atoms with Crippen molar-refractivity contribution >= 4 is 12.0 Å². The van der Waals surface area contributed by atoms with Gasteiger partial charge >= 0.3 is 6.09 Å². The average molecular weight is 440 g/mol. The highest BCUT2D eigenvalue weighted by Crippen LogP contribution is 2.32. The minimum Gasteiger partial charge on any atom is -0.446 e. The molecular formula is C21H30F2N4O4. The highest BCUT2D eigenvalue weighted by atomic mass is 19.1. The fourth-order valence-electron chi connectivity index (χ4n) is 4.06. The van der Waals surface area contributed by atoms with Crippen LogP contribution in [0.5, 0.6) is 0 Å². The number of aliphatic hydroxyl groups is 1. The second kappa shape index (κ2) is 9.88. The molecule has 2 amide bonds. The highest BCUT2D eigenvalue weighted by Gasteiger charge is 2.37. The van der Waals surface area contributed by atoms with Crippen LogP contribution < -0.4 is 21.5 Å². The smallest absolute Gasteiger partial charge is 0.407 e. The average Bonchev–Trinajstić information content (AvgIpc) is 3.28. The Hall–Kier alpha value is -2.30. The van der Waals surface area contributed by atoms with Gasteiger partial charge in [0.1, 0.15) is 17.7 Å². The number of ether oxygens (including phenoxy) is 1. The van der Waals surface area contributed by atoms with Crippen LogP contribution in [0.2, 0.25) is 0 Å². The standard InChI is InChI=1S/C21H30F2N4O4/c1-21(2,30)11-24-20(29)31-16-4-3-13(8-16)17-10-18(27-26-17)25-19(28)7-12-5-14(22)9-15(23)6-12/h5-6,9,13,16-18,26-27,30H,3-4,7-8,10-11H2,1-2H3,(H,24,29)(H,25,28)/t13-,16+,17?,18?/m0/s1. The summed E-state index contributed by atoms with van der Waals surface area (Å²) in [7, 11) is 0. The third kappa shape index (κ3) is 7.41. The third-order valence-electron chi connectivity index (χ3n) is 5.49. The van der Waals surface area contributed by atoms with Gasteiger partial charge in [0.05, 0.1) is 18.2 Å². The van der Waals surface area contributed by atoms with Gasteiger partial charge in [0.25, 0.3) is 0 Å². The summed E-state index contributed by atoms with van der Waals surface area (Å²) < 4.78 is 32.0. The second-order valence-electron chi connectivity index (χ2n) is 8.97. The largest absolute Gasteiger partial charge is 0.446 e. The number of hydrazine groups is 1. The lowest BCUT2D eigenvalue weighted by Gasteiger charge is -2.20. The van der Waals surface area contributed by atoms with Crippen molar-refractivity contribution in [3.63, 3.8) is 0 Å². The molecule has 31 heavy (non-hydrogen) atoms. The Bertz CT molecular complexity index is 782. The Morgan fingerprint density at radius 1 is 1.16 bits per heavy atom. The Morgan fingerprint density at radius 2 is 1.87 bits per heavy atom. The van der Waals surface area contributed by atoms with Gasteiger partial charge in [0.2, 0.25) is 5.91 Å². The van der Waals surface area contributed by atoms with Gasteiger partial charge in [-0.25, -0.2) is 19.0 Å². The number of benzene rings is 1. The van der Waals surface area contributed by atoms with E-state index >= 15 is 0 Å². The summed E-state index contributed by atoms with van der Waals surface area (Å²) in [5.74, 6) is -1.48. The first kappa shape index (κ1) is 23.4. The van der Waals surface area contributed by atoms with E-state index in [1.807, 2.05) is 0 Å². The van der Waals surface area contributed by atoms with Crippen LogP contribution in [0, 0.1) is 17.6 Å². The van der Waals surface area contributed by atoms with E-state index in [0.717, 1.165) is 31.0 Å². The first-order valence-corrected chi connectivity index (χ1v) is 10.5. The highest BCUT2D eigenvalue weighted by molar-refractivity contribution is 5.78. The second-order valence-corrected chi connectivity index (χ2v) is 8.97. The molecule has 1 aliphatic heterocycles. The molecule has 1 aromatic rings. The molecule has 1 saturated heterocycles. The number of rotatable bonds is 7. The van der Waals surface area contributed by atoms with Crippen molar-refractivity contribution in [1.29, 1.82) is 0 Å². The topological polar surface area (TPSA) is 112 Å². The number of halogens is 2. The van der Waals surface area contributed by atoms with Crippen LogP contribution in [0.4, 0.5) is 13.6 Å². The fourth-order valence-corrected chi connectivity index (χ4v) is 4.06. The first-order valence-electron chi connectivity index (χ1n) is 10.5. The molecule has 0 spiro atoms. The number of carbonyl (C=O) groups excluding carboxylic acids is 2.